The Morgan fingerprint density at radius 1 is 1.20 bits per heavy atom. The zero-order chi connectivity index (χ0) is 18.0. The largest absolute Gasteiger partial charge is 0.363 e. The molecule has 0 amide bonds. The Morgan fingerprint density at radius 3 is 2.64 bits per heavy atom. The van der Waals surface area contributed by atoms with Crippen LogP contribution in [0.15, 0.2) is 30.3 Å². The number of anilines is 1. The van der Waals surface area contributed by atoms with Gasteiger partial charge in [-0.15, -0.1) is 0 Å². The minimum absolute atomic E-state index is 0.0523. The number of nitrogens with zero attached hydrogens (tertiary/aromatic N) is 2. The fourth-order valence-electron chi connectivity index (χ4n) is 2.98. The van der Waals surface area contributed by atoms with Gasteiger partial charge in [0.1, 0.15) is 6.07 Å². The van der Waals surface area contributed by atoms with Crippen LogP contribution < -0.4 is 10.2 Å². The van der Waals surface area contributed by atoms with Crippen molar-refractivity contribution in [2.24, 2.45) is 0 Å². The molecular formula is C18H15ClF3N3. The van der Waals surface area contributed by atoms with Crippen LogP contribution in [0.2, 0.25) is 5.02 Å². The topological polar surface area (TPSA) is 39.1 Å². The molecule has 2 aromatic carbocycles. The molecule has 0 unspecified atom stereocenters. The number of rotatable bonds is 4. The van der Waals surface area contributed by atoms with Crippen LogP contribution in [0.4, 0.5) is 18.9 Å². The van der Waals surface area contributed by atoms with Crippen LogP contribution in [0.3, 0.4) is 0 Å². The lowest BCUT2D eigenvalue weighted by molar-refractivity contribution is 0.439. The van der Waals surface area contributed by atoms with Gasteiger partial charge >= 0.3 is 0 Å². The predicted molar refractivity (Wildman–Crippen MR) is 89.9 cm³/mol. The van der Waals surface area contributed by atoms with Gasteiger partial charge in [-0.1, -0.05) is 17.7 Å². The van der Waals surface area contributed by atoms with Gasteiger partial charge in [-0.2, -0.15) is 5.26 Å². The smallest absolute Gasteiger partial charge is 0.194 e. The van der Waals surface area contributed by atoms with E-state index in [1.54, 1.807) is 18.2 Å². The third-order valence-electron chi connectivity index (χ3n) is 4.34. The minimum atomic E-state index is -1.47. The van der Waals surface area contributed by atoms with E-state index in [4.69, 9.17) is 16.9 Å². The van der Waals surface area contributed by atoms with Crippen molar-refractivity contribution in [3.63, 3.8) is 0 Å². The van der Waals surface area contributed by atoms with E-state index in [0.717, 1.165) is 19.0 Å². The maximum absolute atomic E-state index is 14.1. The van der Waals surface area contributed by atoms with E-state index in [1.165, 1.54) is 6.07 Å². The van der Waals surface area contributed by atoms with Gasteiger partial charge in [0.15, 0.2) is 17.5 Å². The Kier molecular flexibility index (Phi) is 5.16. The van der Waals surface area contributed by atoms with Gasteiger partial charge in [-0.05, 0) is 37.2 Å². The lowest BCUT2D eigenvalue weighted by atomic mass is 10.1. The molecule has 3 nitrogen and oxygen atoms in total. The zero-order valence-corrected chi connectivity index (χ0v) is 14.0. The van der Waals surface area contributed by atoms with Crippen LogP contribution in [0.5, 0.6) is 0 Å². The first-order valence-corrected chi connectivity index (χ1v) is 8.18. The van der Waals surface area contributed by atoms with Crippen molar-refractivity contribution < 1.29 is 13.2 Å². The van der Waals surface area contributed by atoms with Crippen molar-refractivity contribution >= 4 is 17.3 Å². The number of halogens is 4. The molecule has 130 valence electrons. The third-order valence-corrected chi connectivity index (χ3v) is 4.65. The molecule has 1 fully saturated rings. The average molecular weight is 366 g/mol. The second-order valence-corrected chi connectivity index (χ2v) is 6.29. The molecule has 2 aromatic rings. The molecule has 3 rings (SSSR count). The Labute approximate surface area is 148 Å². The van der Waals surface area contributed by atoms with Gasteiger partial charge in [0.05, 0.1) is 10.6 Å². The van der Waals surface area contributed by atoms with Gasteiger partial charge in [0.25, 0.3) is 0 Å². The first-order valence-electron chi connectivity index (χ1n) is 7.80. The highest BCUT2D eigenvalue weighted by Crippen LogP contribution is 2.29. The number of nitrogens with one attached hydrogen (secondary N) is 1. The monoisotopic (exact) mass is 365 g/mol. The van der Waals surface area contributed by atoms with Gasteiger partial charge in [0, 0.05) is 30.4 Å². The van der Waals surface area contributed by atoms with Gasteiger partial charge in [-0.3, -0.25) is 0 Å². The first kappa shape index (κ1) is 17.6. The minimum Gasteiger partial charge on any atom is -0.363 e. The molecule has 0 aromatic heterocycles. The van der Waals surface area contributed by atoms with Crippen LogP contribution >= 0.6 is 11.6 Å². The summed E-state index contributed by atoms with van der Waals surface area (Å²) < 4.78 is 40.8. The summed E-state index contributed by atoms with van der Waals surface area (Å²) in [6.07, 6.45) is 0.822. The van der Waals surface area contributed by atoms with Gasteiger partial charge in [0.2, 0.25) is 0 Å². The van der Waals surface area contributed by atoms with Gasteiger partial charge in [-0.25, -0.2) is 13.2 Å². The predicted octanol–water partition coefficient (Wildman–Crippen LogP) is 4.00. The summed E-state index contributed by atoms with van der Waals surface area (Å²) >= 11 is 6.11. The highest BCUT2D eigenvalue weighted by atomic mass is 35.5. The molecule has 0 saturated carbocycles. The van der Waals surface area contributed by atoms with Crippen molar-refractivity contribution in [3.8, 4) is 6.07 Å². The van der Waals surface area contributed by atoms with E-state index in [9.17, 15) is 13.2 Å². The lowest BCUT2D eigenvalue weighted by Gasteiger charge is -2.31. The Morgan fingerprint density at radius 2 is 2.00 bits per heavy atom. The van der Waals surface area contributed by atoms with E-state index in [2.05, 4.69) is 5.32 Å². The molecule has 0 bridgehead atoms. The number of nitriles is 1. The SMILES string of the molecule is N#Cc1ccc(N(Cc2ccc(F)c(F)c2F)[C@H]2CCNC2)cc1Cl. The van der Waals surface area contributed by atoms with Crippen LogP contribution in [-0.4, -0.2) is 19.1 Å². The number of benzene rings is 2. The van der Waals surface area contributed by atoms with Crippen LogP contribution in [0.25, 0.3) is 0 Å². The molecule has 7 heteroatoms. The van der Waals surface area contributed by atoms with Crippen molar-refractivity contribution in [1.29, 1.82) is 5.26 Å². The Bertz CT molecular complexity index is 829. The standard InChI is InChI=1S/C18H15ClF3N3/c19-15-7-13(3-1-11(15)8-23)25(14-5-6-24-9-14)10-12-2-4-16(20)18(22)17(12)21/h1-4,7,14,24H,5-6,9-10H2/t14-/m0/s1. The van der Waals surface area contributed by atoms with E-state index in [-0.39, 0.29) is 18.2 Å². The summed E-state index contributed by atoms with van der Waals surface area (Å²) in [5.41, 5.74) is 1.10. The molecule has 1 aliphatic rings. The van der Waals surface area contributed by atoms with Gasteiger partial charge < -0.3 is 10.2 Å². The average Bonchev–Trinajstić information content (AvgIpc) is 3.13. The van der Waals surface area contributed by atoms with E-state index >= 15 is 0 Å². The number of hydrogen-bond donors (Lipinski definition) is 1. The molecule has 0 aliphatic carbocycles. The van der Waals surface area contributed by atoms with Crippen molar-refractivity contribution in [3.05, 3.63) is 63.9 Å². The second-order valence-electron chi connectivity index (χ2n) is 5.88. The van der Waals surface area contributed by atoms with Crippen LogP contribution in [0, 0.1) is 28.8 Å². The Balaban J connectivity index is 1.97. The van der Waals surface area contributed by atoms with Crippen molar-refractivity contribution in [1.82, 2.24) is 5.32 Å². The zero-order valence-electron chi connectivity index (χ0n) is 13.2. The third kappa shape index (κ3) is 3.58. The second kappa shape index (κ2) is 7.34. The van der Waals surface area contributed by atoms with E-state index in [1.807, 2.05) is 11.0 Å². The normalized spacial score (nSPS) is 16.7. The molecular weight excluding hydrogens is 351 g/mol. The molecule has 1 atom stereocenters. The highest BCUT2D eigenvalue weighted by Gasteiger charge is 2.25. The van der Waals surface area contributed by atoms with Crippen LogP contribution in [0.1, 0.15) is 17.5 Å². The fraction of sp³-hybridized carbons (Fsp3) is 0.278. The van der Waals surface area contributed by atoms with Crippen molar-refractivity contribution in [2.45, 2.75) is 19.0 Å². The summed E-state index contributed by atoms with van der Waals surface area (Å²) in [6.45, 7) is 1.56. The molecule has 1 saturated heterocycles. The molecule has 0 radical (unpaired) electrons. The first-order chi connectivity index (χ1) is 12.0. The lowest BCUT2D eigenvalue weighted by Crippen LogP contribution is -2.36. The summed E-state index contributed by atoms with van der Waals surface area (Å²) in [5.74, 6) is -3.87. The molecule has 1 heterocycles. The summed E-state index contributed by atoms with van der Waals surface area (Å²) in [7, 11) is 0. The Hall–Kier alpha value is -2.23. The summed E-state index contributed by atoms with van der Waals surface area (Å²) in [6, 6.07) is 9.16. The molecule has 1 N–H and O–H groups in total. The maximum Gasteiger partial charge on any atom is 0.194 e. The quantitative estimate of drug-likeness (QED) is 0.832. The molecule has 0 spiro atoms. The highest BCUT2D eigenvalue weighted by molar-refractivity contribution is 6.32. The summed E-state index contributed by atoms with van der Waals surface area (Å²) in [5, 5.41) is 12.5. The van der Waals surface area contributed by atoms with Crippen LogP contribution in [-0.2, 0) is 6.54 Å². The number of hydrogen-bond acceptors (Lipinski definition) is 3. The van der Waals surface area contributed by atoms with E-state index < -0.39 is 17.5 Å². The fourth-order valence-corrected chi connectivity index (χ4v) is 3.20. The van der Waals surface area contributed by atoms with Crippen molar-refractivity contribution in [2.75, 3.05) is 18.0 Å². The molecule has 1 aliphatic heterocycles. The van der Waals surface area contributed by atoms with E-state index in [0.29, 0.717) is 22.8 Å². The summed E-state index contributed by atoms with van der Waals surface area (Å²) in [4.78, 5) is 1.89. The molecule has 25 heavy (non-hydrogen) atoms. The maximum atomic E-state index is 14.1.